The molecule has 3 rings (SSSR count). The van der Waals surface area contributed by atoms with Crippen molar-refractivity contribution in [3.8, 4) is 0 Å². The molecule has 28 heavy (non-hydrogen) atoms. The molecule has 0 spiro atoms. The highest BCUT2D eigenvalue weighted by atomic mass is 35.5. The predicted molar refractivity (Wildman–Crippen MR) is 111 cm³/mol. The maximum atomic E-state index is 12.3. The highest BCUT2D eigenvalue weighted by Crippen LogP contribution is 2.15. The molecular weight excluding hydrogens is 398 g/mol. The zero-order valence-corrected chi connectivity index (χ0v) is 16.1. The zero-order chi connectivity index (χ0) is 19.9. The van der Waals surface area contributed by atoms with Crippen molar-refractivity contribution in [3.63, 3.8) is 0 Å². The number of amides is 2. The molecule has 3 N–H and O–H groups in total. The van der Waals surface area contributed by atoms with Crippen LogP contribution in [-0.2, 0) is 6.54 Å². The van der Waals surface area contributed by atoms with Gasteiger partial charge in [0.05, 0.1) is 23.4 Å². The van der Waals surface area contributed by atoms with Gasteiger partial charge < -0.3 is 15.1 Å². The molecule has 0 radical (unpaired) electrons. The largest absolute Gasteiger partial charge is 0.467 e. The molecule has 0 saturated carbocycles. The highest BCUT2D eigenvalue weighted by molar-refractivity contribution is 7.80. The van der Waals surface area contributed by atoms with Gasteiger partial charge in [-0.05, 0) is 54.7 Å². The van der Waals surface area contributed by atoms with Crippen LogP contribution in [0, 0.1) is 0 Å². The van der Waals surface area contributed by atoms with Gasteiger partial charge in [0.15, 0.2) is 5.11 Å². The fraction of sp³-hybridized carbons (Fsp3) is 0.0500. The summed E-state index contributed by atoms with van der Waals surface area (Å²) in [5, 5.41) is 8.64. The number of carbonyl (C=O) groups excluding carboxylic acids is 2. The van der Waals surface area contributed by atoms with E-state index in [2.05, 4.69) is 16.0 Å². The van der Waals surface area contributed by atoms with E-state index in [9.17, 15) is 9.59 Å². The summed E-state index contributed by atoms with van der Waals surface area (Å²) < 4.78 is 5.18. The molecule has 2 amide bonds. The fourth-order valence-electron chi connectivity index (χ4n) is 2.40. The van der Waals surface area contributed by atoms with Gasteiger partial charge in [-0.3, -0.25) is 14.9 Å². The van der Waals surface area contributed by atoms with E-state index >= 15 is 0 Å². The molecule has 0 aliphatic heterocycles. The molecule has 0 unspecified atom stereocenters. The number of hydrogen-bond acceptors (Lipinski definition) is 4. The third-order valence-corrected chi connectivity index (χ3v) is 4.27. The summed E-state index contributed by atoms with van der Waals surface area (Å²) in [5.41, 5.74) is 1.33. The van der Waals surface area contributed by atoms with E-state index in [1.54, 1.807) is 66.9 Å². The lowest BCUT2D eigenvalue weighted by atomic mass is 10.2. The van der Waals surface area contributed by atoms with Crippen molar-refractivity contribution in [1.82, 2.24) is 10.6 Å². The normalized spacial score (nSPS) is 10.2. The van der Waals surface area contributed by atoms with Crippen LogP contribution in [0.4, 0.5) is 5.69 Å². The molecule has 1 heterocycles. The summed E-state index contributed by atoms with van der Waals surface area (Å²) in [6.07, 6.45) is 1.55. The van der Waals surface area contributed by atoms with Crippen molar-refractivity contribution in [2.45, 2.75) is 6.54 Å². The Balaban J connectivity index is 1.59. The van der Waals surface area contributed by atoms with Crippen LogP contribution < -0.4 is 16.0 Å². The summed E-state index contributed by atoms with van der Waals surface area (Å²) in [7, 11) is 0. The molecule has 1 aromatic heterocycles. The van der Waals surface area contributed by atoms with Crippen LogP contribution in [0.5, 0.6) is 0 Å². The van der Waals surface area contributed by atoms with E-state index in [1.165, 1.54) is 0 Å². The number of hydrogen-bond donors (Lipinski definition) is 3. The van der Waals surface area contributed by atoms with E-state index < -0.39 is 5.91 Å². The minimum absolute atomic E-state index is 0.0954. The monoisotopic (exact) mass is 413 g/mol. The summed E-state index contributed by atoms with van der Waals surface area (Å²) in [4.78, 5) is 24.5. The lowest BCUT2D eigenvalue weighted by Crippen LogP contribution is -2.34. The Bertz CT molecular complexity index is 1010. The molecule has 0 aliphatic carbocycles. The van der Waals surface area contributed by atoms with Gasteiger partial charge in [-0.2, -0.15) is 0 Å². The van der Waals surface area contributed by atoms with Gasteiger partial charge in [-0.15, -0.1) is 0 Å². The van der Waals surface area contributed by atoms with Crippen LogP contribution in [0.15, 0.2) is 71.3 Å². The number of thiocarbonyl (C=S) groups is 1. The standard InChI is InChI=1S/C20H16ClN3O3S/c21-17-9-2-1-8-16(17)19(26)24-20(28)23-14-6-3-5-13(11-14)18(25)22-12-15-7-4-10-27-15/h1-11H,12H2,(H,22,25)(H2,23,24,26,28). The maximum Gasteiger partial charge on any atom is 0.258 e. The lowest BCUT2D eigenvalue weighted by Gasteiger charge is -2.11. The van der Waals surface area contributed by atoms with Crippen molar-refractivity contribution in [1.29, 1.82) is 0 Å². The van der Waals surface area contributed by atoms with Crippen molar-refractivity contribution in [3.05, 3.63) is 88.8 Å². The molecular formula is C20H16ClN3O3S. The third kappa shape index (κ3) is 5.18. The number of anilines is 1. The summed E-state index contributed by atoms with van der Waals surface area (Å²) >= 11 is 11.2. The molecule has 142 valence electrons. The van der Waals surface area contributed by atoms with E-state index in [-0.39, 0.29) is 17.6 Å². The molecule has 3 aromatic rings. The van der Waals surface area contributed by atoms with Crippen molar-refractivity contribution >= 4 is 46.4 Å². The smallest absolute Gasteiger partial charge is 0.258 e. The Morgan fingerprint density at radius 3 is 2.57 bits per heavy atom. The van der Waals surface area contributed by atoms with Gasteiger partial charge in [0.2, 0.25) is 0 Å². The van der Waals surface area contributed by atoms with Crippen molar-refractivity contribution in [2.75, 3.05) is 5.32 Å². The fourth-order valence-corrected chi connectivity index (χ4v) is 2.83. The number of rotatable bonds is 5. The molecule has 2 aromatic carbocycles. The summed E-state index contributed by atoms with van der Waals surface area (Å²) in [5.74, 6) is -0.0207. The molecule has 8 heteroatoms. The minimum Gasteiger partial charge on any atom is -0.467 e. The second kappa shape index (κ2) is 9.16. The van der Waals surface area contributed by atoms with E-state index in [1.807, 2.05) is 0 Å². The Labute approximate surface area is 171 Å². The summed E-state index contributed by atoms with van der Waals surface area (Å²) in [6.45, 7) is 0.287. The van der Waals surface area contributed by atoms with Gasteiger partial charge in [-0.25, -0.2) is 0 Å². The molecule has 0 fully saturated rings. The van der Waals surface area contributed by atoms with Crippen LogP contribution >= 0.6 is 23.8 Å². The lowest BCUT2D eigenvalue weighted by molar-refractivity contribution is 0.0946. The van der Waals surface area contributed by atoms with Gasteiger partial charge in [0, 0.05) is 11.3 Å². The SMILES string of the molecule is O=C(NCc1ccco1)c1cccc(NC(=S)NC(=O)c2ccccc2Cl)c1. The highest BCUT2D eigenvalue weighted by Gasteiger charge is 2.12. The van der Waals surface area contributed by atoms with Crippen LogP contribution in [0.25, 0.3) is 0 Å². The first kappa shape index (κ1) is 19.6. The van der Waals surface area contributed by atoms with Crippen LogP contribution in [0.2, 0.25) is 5.02 Å². The van der Waals surface area contributed by atoms with Crippen molar-refractivity contribution in [2.24, 2.45) is 0 Å². The van der Waals surface area contributed by atoms with Gasteiger partial charge in [0.1, 0.15) is 5.76 Å². The molecule has 0 atom stereocenters. The predicted octanol–water partition coefficient (Wildman–Crippen LogP) is 3.99. The quantitative estimate of drug-likeness (QED) is 0.551. The van der Waals surface area contributed by atoms with E-state index in [4.69, 9.17) is 28.2 Å². The molecule has 0 aliphatic rings. The second-order valence-electron chi connectivity index (χ2n) is 5.73. The number of benzene rings is 2. The first-order chi connectivity index (χ1) is 13.5. The van der Waals surface area contributed by atoms with Crippen LogP contribution in [0.1, 0.15) is 26.5 Å². The molecule has 0 saturated heterocycles. The number of carbonyl (C=O) groups is 2. The maximum absolute atomic E-state index is 12.3. The van der Waals surface area contributed by atoms with E-state index in [0.29, 0.717) is 27.6 Å². The topological polar surface area (TPSA) is 83.4 Å². The van der Waals surface area contributed by atoms with Crippen LogP contribution in [-0.4, -0.2) is 16.9 Å². The second-order valence-corrected chi connectivity index (χ2v) is 6.55. The molecule has 0 bridgehead atoms. The number of halogens is 1. The van der Waals surface area contributed by atoms with Crippen LogP contribution in [0.3, 0.4) is 0 Å². The first-order valence-corrected chi connectivity index (χ1v) is 9.09. The average molecular weight is 414 g/mol. The van der Waals surface area contributed by atoms with Crippen molar-refractivity contribution < 1.29 is 14.0 Å². The third-order valence-electron chi connectivity index (χ3n) is 3.73. The Morgan fingerprint density at radius 1 is 1.00 bits per heavy atom. The summed E-state index contributed by atoms with van der Waals surface area (Å²) in [6, 6.07) is 16.9. The van der Waals surface area contributed by atoms with Gasteiger partial charge in [0.25, 0.3) is 11.8 Å². The Morgan fingerprint density at radius 2 is 1.82 bits per heavy atom. The Hall–Kier alpha value is -3.16. The minimum atomic E-state index is -0.421. The average Bonchev–Trinajstić information content (AvgIpc) is 3.20. The van der Waals surface area contributed by atoms with E-state index in [0.717, 1.165) is 0 Å². The number of furan rings is 1. The van der Waals surface area contributed by atoms with Gasteiger partial charge in [-0.1, -0.05) is 29.8 Å². The number of nitrogens with one attached hydrogen (secondary N) is 3. The first-order valence-electron chi connectivity index (χ1n) is 8.30. The van der Waals surface area contributed by atoms with Gasteiger partial charge >= 0.3 is 0 Å². The Kier molecular flexibility index (Phi) is 6.41. The zero-order valence-electron chi connectivity index (χ0n) is 14.6. The molecule has 6 nitrogen and oxygen atoms in total.